The number of carbonyl (C=O) groups excluding carboxylic acids is 2. The van der Waals surface area contributed by atoms with E-state index in [1.54, 1.807) is 6.92 Å². The fourth-order valence-corrected chi connectivity index (χ4v) is 0.893. The molecule has 0 radical (unpaired) electrons. The van der Waals surface area contributed by atoms with Crippen LogP contribution in [0.1, 0.15) is 20.3 Å². The molecule has 0 unspecified atom stereocenters. The molecule has 0 aliphatic heterocycles. The predicted molar refractivity (Wildman–Crippen MR) is 46.5 cm³/mol. The van der Waals surface area contributed by atoms with Gasteiger partial charge in [0.2, 0.25) is 5.91 Å². The van der Waals surface area contributed by atoms with Crippen molar-refractivity contribution < 1.29 is 9.59 Å². The van der Waals surface area contributed by atoms with Crippen molar-refractivity contribution in [3.8, 4) is 0 Å². The average Bonchev–Trinajstić information content (AvgIpc) is 1.98. The lowest BCUT2D eigenvalue weighted by atomic mass is 10.1. The highest BCUT2D eigenvalue weighted by atomic mass is 16.2. The number of ketones is 1. The third-order valence-corrected chi connectivity index (χ3v) is 1.48. The van der Waals surface area contributed by atoms with Gasteiger partial charge in [-0.05, 0) is 6.92 Å². The standard InChI is InChI=1S/C8H16N2O2/c1-6(5-7(2)11)8(12)10-4-3-9/h6H,3-5,9H2,1-2H3,(H,10,12)/t6-/m1/s1. The second kappa shape index (κ2) is 5.71. The molecule has 0 rings (SSSR count). The summed E-state index contributed by atoms with van der Waals surface area (Å²) in [6.07, 6.45) is 0.302. The Labute approximate surface area is 72.5 Å². The van der Waals surface area contributed by atoms with Gasteiger partial charge in [-0.2, -0.15) is 0 Å². The van der Waals surface area contributed by atoms with Gasteiger partial charge in [-0.1, -0.05) is 6.92 Å². The Bertz CT molecular complexity index is 168. The Kier molecular flexibility index (Phi) is 5.28. The number of rotatable bonds is 5. The van der Waals surface area contributed by atoms with Crippen LogP contribution in [0.4, 0.5) is 0 Å². The van der Waals surface area contributed by atoms with Gasteiger partial charge in [0.15, 0.2) is 0 Å². The molecule has 0 spiro atoms. The van der Waals surface area contributed by atoms with Gasteiger partial charge in [-0.25, -0.2) is 0 Å². The highest BCUT2D eigenvalue weighted by Crippen LogP contribution is 2.01. The van der Waals surface area contributed by atoms with Crippen LogP contribution in [0.15, 0.2) is 0 Å². The second-order valence-electron chi connectivity index (χ2n) is 2.89. The summed E-state index contributed by atoms with van der Waals surface area (Å²) in [5, 5.41) is 2.62. The molecule has 0 aliphatic carbocycles. The fourth-order valence-electron chi connectivity index (χ4n) is 0.893. The van der Waals surface area contributed by atoms with Crippen molar-refractivity contribution in [3.63, 3.8) is 0 Å². The lowest BCUT2D eigenvalue weighted by molar-refractivity contribution is -0.128. The van der Waals surface area contributed by atoms with Gasteiger partial charge < -0.3 is 15.8 Å². The topological polar surface area (TPSA) is 72.2 Å². The number of hydrogen-bond acceptors (Lipinski definition) is 3. The number of carbonyl (C=O) groups is 2. The Morgan fingerprint density at radius 3 is 2.50 bits per heavy atom. The van der Waals surface area contributed by atoms with Crippen LogP contribution in [0.2, 0.25) is 0 Å². The molecule has 0 aromatic rings. The summed E-state index contributed by atoms with van der Waals surface area (Å²) in [6.45, 7) is 4.11. The summed E-state index contributed by atoms with van der Waals surface area (Å²) in [7, 11) is 0. The van der Waals surface area contributed by atoms with E-state index in [4.69, 9.17) is 5.73 Å². The van der Waals surface area contributed by atoms with Crippen LogP contribution in [0, 0.1) is 5.92 Å². The van der Waals surface area contributed by atoms with Gasteiger partial charge in [-0.3, -0.25) is 4.79 Å². The van der Waals surface area contributed by atoms with E-state index in [1.807, 2.05) is 0 Å². The lowest BCUT2D eigenvalue weighted by Gasteiger charge is -2.08. The van der Waals surface area contributed by atoms with E-state index < -0.39 is 0 Å². The summed E-state index contributed by atoms with van der Waals surface area (Å²) in [5.74, 6) is -0.310. The van der Waals surface area contributed by atoms with Gasteiger partial charge in [0.25, 0.3) is 0 Å². The summed E-state index contributed by atoms with van der Waals surface area (Å²) in [6, 6.07) is 0. The largest absolute Gasteiger partial charge is 0.355 e. The van der Waals surface area contributed by atoms with Crippen molar-refractivity contribution in [2.75, 3.05) is 13.1 Å². The van der Waals surface area contributed by atoms with Crippen molar-refractivity contribution in [1.29, 1.82) is 0 Å². The van der Waals surface area contributed by atoms with Gasteiger partial charge in [0.1, 0.15) is 5.78 Å². The highest BCUT2D eigenvalue weighted by Gasteiger charge is 2.13. The van der Waals surface area contributed by atoms with Crippen LogP contribution in [-0.2, 0) is 9.59 Å². The van der Waals surface area contributed by atoms with Crippen LogP contribution in [0.5, 0.6) is 0 Å². The molecular weight excluding hydrogens is 156 g/mol. The Balaban J connectivity index is 3.69. The van der Waals surface area contributed by atoms with Crippen LogP contribution < -0.4 is 11.1 Å². The molecule has 3 N–H and O–H groups in total. The molecule has 0 heterocycles. The van der Waals surface area contributed by atoms with E-state index in [9.17, 15) is 9.59 Å². The van der Waals surface area contributed by atoms with E-state index in [0.29, 0.717) is 19.5 Å². The third-order valence-electron chi connectivity index (χ3n) is 1.48. The molecule has 0 fully saturated rings. The van der Waals surface area contributed by atoms with E-state index in [2.05, 4.69) is 5.32 Å². The Hall–Kier alpha value is -0.900. The quantitative estimate of drug-likeness (QED) is 0.596. The number of hydrogen-bond donors (Lipinski definition) is 2. The van der Waals surface area contributed by atoms with Crippen molar-refractivity contribution in [2.24, 2.45) is 11.7 Å². The van der Waals surface area contributed by atoms with Crippen molar-refractivity contribution in [1.82, 2.24) is 5.32 Å². The Morgan fingerprint density at radius 2 is 2.08 bits per heavy atom. The second-order valence-corrected chi connectivity index (χ2v) is 2.89. The molecule has 0 saturated carbocycles. The highest BCUT2D eigenvalue weighted by molar-refractivity contribution is 5.85. The molecule has 4 nitrogen and oxygen atoms in total. The van der Waals surface area contributed by atoms with Crippen molar-refractivity contribution >= 4 is 11.7 Å². The zero-order valence-corrected chi connectivity index (χ0v) is 7.59. The van der Waals surface area contributed by atoms with Crippen LogP contribution in [0.3, 0.4) is 0 Å². The maximum absolute atomic E-state index is 11.1. The third kappa shape index (κ3) is 4.85. The van der Waals surface area contributed by atoms with E-state index in [0.717, 1.165) is 0 Å². The first-order valence-corrected chi connectivity index (χ1v) is 4.05. The average molecular weight is 172 g/mol. The first-order valence-electron chi connectivity index (χ1n) is 4.05. The molecule has 0 bridgehead atoms. The summed E-state index contributed by atoms with van der Waals surface area (Å²) in [5.41, 5.74) is 5.20. The minimum absolute atomic E-state index is 0.0328. The maximum Gasteiger partial charge on any atom is 0.223 e. The maximum atomic E-state index is 11.1. The number of nitrogens with two attached hydrogens (primary N) is 1. The molecule has 0 aromatic heterocycles. The molecule has 1 amide bonds. The molecular formula is C8H16N2O2. The number of amides is 1. The van der Waals surface area contributed by atoms with Crippen molar-refractivity contribution in [3.05, 3.63) is 0 Å². The minimum Gasteiger partial charge on any atom is -0.355 e. The fraction of sp³-hybridized carbons (Fsp3) is 0.750. The monoisotopic (exact) mass is 172 g/mol. The normalized spacial score (nSPS) is 12.2. The Morgan fingerprint density at radius 1 is 1.50 bits per heavy atom. The summed E-state index contributed by atoms with van der Waals surface area (Å²) < 4.78 is 0. The number of nitrogens with one attached hydrogen (secondary N) is 1. The lowest BCUT2D eigenvalue weighted by Crippen LogP contribution is -2.33. The molecule has 0 aromatic carbocycles. The van der Waals surface area contributed by atoms with Crippen LogP contribution >= 0.6 is 0 Å². The van der Waals surface area contributed by atoms with E-state index in [1.165, 1.54) is 6.92 Å². The smallest absolute Gasteiger partial charge is 0.223 e. The predicted octanol–water partition coefficient (Wildman–Crippen LogP) is -0.323. The minimum atomic E-state index is -0.242. The summed E-state index contributed by atoms with van der Waals surface area (Å²) >= 11 is 0. The first kappa shape index (κ1) is 11.1. The molecule has 0 saturated heterocycles. The zero-order chi connectivity index (χ0) is 9.56. The van der Waals surface area contributed by atoms with Crippen LogP contribution in [0.25, 0.3) is 0 Å². The van der Waals surface area contributed by atoms with Gasteiger partial charge in [-0.15, -0.1) is 0 Å². The zero-order valence-electron chi connectivity index (χ0n) is 7.59. The van der Waals surface area contributed by atoms with Gasteiger partial charge >= 0.3 is 0 Å². The first-order chi connectivity index (χ1) is 5.57. The molecule has 70 valence electrons. The molecule has 4 heteroatoms. The van der Waals surface area contributed by atoms with E-state index in [-0.39, 0.29) is 17.6 Å². The van der Waals surface area contributed by atoms with Crippen molar-refractivity contribution in [2.45, 2.75) is 20.3 Å². The molecule has 0 aliphatic rings. The molecule has 1 atom stereocenters. The van der Waals surface area contributed by atoms with Gasteiger partial charge in [0, 0.05) is 25.4 Å². The summed E-state index contributed by atoms with van der Waals surface area (Å²) in [4.78, 5) is 21.7. The molecule has 12 heavy (non-hydrogen) atoms. The van der Waals surface area contributed by atoms with Gasteiger partial charge in [0.05, 0.1) is 0 Å². The van der Waals surface area contributed by atoms with Crippen LogP contribution in [-0.4, -0.2) is 24.8 Å². The van der Waals surface area contributed by atoms with E-state index >= 15 is 0 Å². The number of Topliss-reactive ketones (excluding diaryl/α,β-unsaturated/α-hetero) is 1. The SMILES string of the molecule is CC(=O)C[C@@H](C)C(=O)NCCN.